The third-order valence-corrected chi connectivity index (χ3v) is 9.71. The lowest BCUT2D eigenvalue weighted by molar-refractivity contribution is 0.0697. The lowest BCUT2D eigenvalue weighted by Crippen LogP contribution is -2.50. The van der Waals surface area contributed by atoms with Gasteiger partial charge in [-0.3, -0.25) is 4.79 Å². The predicted molar refractivity (Wildman–Crippen MR) is 144 cm³/mol. The fraction of sp³-hybridized carbons (Fsp3) is 0.360. The summed E-state index contributed by atoms with van der Waals surface area (Å²) >= 11 is 1.41. The zero-order valence-electron chi connectivity index (χ0n) is 21.0. The summed E-state index contributed by atoms with van der Waals surface area (Å²) in [5, 5.41) is 5.29. The lowest BCUT2D eigenvalue weighted by Gasteiger charge is -2.33. The van der Waals surface area contributed by atoms with Gasteiger partial charge in [-0.25, -0.2) is 18.2 Å². The minimum absolute atomic E-state index is 0.0281. The molecule has 2 aliphatic rings. The summed E-state index contributed by atoms with van der Waals surface area (Å²) in [5.74, 6) is -0.182. The number of aromatic nitrogens is 1. The van der Waals surface area contributed by atoms with Crippen molar-refractivity contribution in [1.82, 2.24) is 19.5 Å². The van der Waals surface area contributed by atoms with Crippen LogP contribution in [0, 0.1) is 0 Å². The van der Waals surface area contributed by atoms with Crippen molar-refractivity contribution in [3.63, 3.8) is 0 Å². The zero-order valence-corrected chi connectivity index (χ0v) is 22.6. The smallest absolute Gasteiger partial charge is 0.435 e. The number of nitrogens with zero attached hydrogens (tertiary/aromatic N) is 4. The van der Waals surface area contributed by atoms with E-state index in [1.54, 1.807) is 41.3 Å². The van der Waals surface area contributed by atoms with Crippen LogP contribution in [0.25, 0.3) is 10.8 Å². The maximum absolute atomic E-state index is 13.4. The van der Waals surface area contributed by atoms with Gasteiger partial charge in [-0.1, -0.05) is 18.2 Å². The van der Waals surface area contributed by atoms with E-state index in [1.165, 1.54) is 22.8 Å². The van der Waals surface area contributed by atoms with Crippen molar-refractivity contribution in [2.24, 2.45) is 10.7 Å². The van der Waals surface area contributed by atoms with Crippen LogP contribution in [-0.2, 0) is 27.7 Å². The Morgan fingerprint density at radius 3 is 2.61 bits per heavy atom. The lowest BCUT2D eigenvalue weighted by atomic mass is 10.1. The van der Waals surface area contributed by atoms with Crippen LogP contribution >= 0.6 is 11.3 Å². The van der Waals surface area contributed by atoms with E-state index >= 15 is 0 Å². The van der Waals surface area contributed by atoms with Crippen molar-refractivity contribution in [3.8, 4) is 0 Å². The Kier molecular flexibility index (Phi) is 7.18. The zero-order chi connectivity index (χ0) is 27.0. The van der Waals surface area contributed by atoms with E-state index in [4.69, 9.17) is 5.73 Å². The fourth-order valence-corrected chi connectivity index (χ4v) is 7.04. The molecule has 13 heteroatoms. The molecule has 1 fully saturated rings. The first kappa shape index (κ1) is 26.2. The molecule has 0 radical (unpaired) electrons. The molecule has 1 unspecified atom stereocenters. The van der Waals surface area contributed by atoms with Crippen molar-refractivity contribution in [2.45, 2.75) is 30.8 Å². The highest BCUT2D eigenvalue weighted by Gasteiger charge is 2.32. The van der Waals surface area contributed by atoms with Crippen LogP contribution in [0.4, 0.5) is 4.79 Å². The quantitative estimate of drug-likeness (QED) is 0.366. The molecule has 1 aromatic heterocycles. The van der Waals surface area contributed by atoms with E-state index in [0.717, 1.165) is 22.4 Å². The number of hydrogen-bond donors (Lipinski definition) is 2. The summed E-state index contributed by atoms with van der Waals surface area (Å²) in [6.07, 6.45) is -0.0270. The summed E-state index contributed by atoms with van der Waals surface area (Å²) in [5.41, 5.74) is 7.35. The van der Waals surface area contributed by atoms with Crippen molar-refractivity contribution in [3.05, 3.63) is 57.5 Å². The van der Waals surface area contributed by atoms with Gasteiger partial charge in [-0.2, -0.15) is 9.30 Å². The second-order valence-electron chi connectivity index (χ2n) is 9.26. The van der Waals surface area contributed by atoms with Crippen LogP contribution in [0.3, 0.4) is 0 Å². The highest BCUT2D eigenvalue weighted by Crippen LogP contribution is 2.27. The number of aliphatic imine (C=N–C) groups is 1. The number of sulfonamides is 1. The van der Waals surface area contributed by atoms with Gasteiger partial charge in [0.2, 0.25) is 10.0 Å². The summed E-state index contributed by atoms with van der Waals surface area (Å²) in [4.78, 5) is 35.6. The summed E-state index contributed by atoms with van der Waals surface area (Å²) in [7, 11) is -2.59. The number of thiazole rings is 1. The number of hydrogen-bond acceptors (Lipinski definition) is 8. The normalized spacial score (nSPS) is 18.8. The van der Waals surface area contributed by atoms with Gasteiger partial charge in [0.15, 0.2) is 5.01 Å². The maximum Gasteiger partial charge on any atom is 0.435 e. The Labute approximate surface area is 224 Å². The minimum Gasteiger partial charge on any atom is -0.451 e. The van der Waals surface area contributed by atoms with Gasteiger partial charge in [0.1, 0.15) is 5.84 Å². The summed E-state index contributed by atoms with van der Waals surface area (Å²) < 4.78 is 32.8. The topological polar surface area (TPSA) is 147 Å². The van der Waals surface area contributed by atoms with Crippen molar-refractivity contribution >= 4 is 50.0 Å². The monoisotopic (exact) mass is 556 g/mol. The number of carbonyl (C=O) groups is 2. The third-order valence-electron chi connectivity index (χ3n) is 6.73. The molecule has 0 bridgehead atoms. The maximum atomic E-state index is 13.4. The average molecular weight is 557 g/mol. The number of amidine groups is 1. The molecule has 3 heterocycles. The predicted octanol–water partition coefficient (Wildman–Crippen LogP) is 1.95. The van der Waals surface area contributed by atoms with Gasteiger partial charge in [0.25, 0.3) is 5.91 Å². The summed E-state index contributed by atoms with van der Waals surface area (Å²) in [6, 6.07) is 10.3. The van der Waals surface area contributed by atoms with Crippen LogP contribution in [0.5, 0.6) is 0 Å². The highest BCUT2D eigenvalue weighted by atomic mass is 32.2. The van der Waals surface area contributed by atoms with Crippen LogP contribution in [0.1, 0.15) is 32.9 Å². The number of nitrogens with two attached hydrogens (primary N) is 1. The Hall–Kier alpha value is -3.39. The number of amides is 2. The number of piperazine rings is 1. The molecule has 5 rings (SSSR count). The van der Waals surface area contributed by atoms with E-state index in [9.17, 15) is 18.0 Å². The van der Waals surface area contributed by atoms with Gasteiger partial charge in [-0.15, -0.1) is 11.3 Å². The first-order valence-corrected chi connectivity index (χ1v) is 14.4. The molecule has 1 atom stereocenters. The van der Waals surface area contributed by atoms with E-state index in [2.05, 4.69) is 27.0 Å². The molecule has 2 amide bonds. The standard InChI is InChI=1S/C25H28N6O5S2/c1-15-11-20-21(14-27-15)37-23(28-20)24(32)30-7-9-31(10-8-30)38(34,35)19-6-5-16-3-4-17(12-18(16)13-19)22(26)29-25(33)36-2/h3-6,12-13,15,27H,7-11,14H2,1-2H3,(H2,26,29,33). The molecule has 38 heavy (non-hydrogen) atoms. The third kappa shape index (κ3) is 5.14. The van der Waals surface area contributed by atoms with Crippen LogP contribution in [-0.4, -0.2) is 79.8 Å². The summed E-state index contributed by atoms with van der Waals surface area (Å²) in [6.45, 7) is 3.76. The molecular formula is C25H28N6O5S2. The van der Waals surface area contributed by atoms with Crippen molar-refractivity contribution in [2.75, 3.05) is 33.3 Å². The van der Waals surface area contributed by atoms with E-state index < -0.39 is 16.1 Å². The first-order chi connectivity index (χ1) is 18.2. The second-order valence-corrected chi connectivity index (χ2v) is 12.3. The van der Waals surface area contributed by atoms with Crippen molar-refractivity contribution in [1.29, 1.82) is 0 Å². The number of methoxy groups -OCH3 is 1. The van der Waals surface area contributed by atoms with E-state index in [0.29, 0.717) is 28.5 Å². The van der Waals surface area contributed by atoms with Gasteiger partial charge < -0.3 is 20.7 Å². The molecule has 2 aromatic carbocycles. The Bertz CT molecular complexity index is 1540. The number of carbonyl (C=O) groups excluding carboxylic acids is 2. The Morgan fingerprint density at radius 1 is 1.13 bits per heavy atom. The number of ether oxygens (including phenoxy) is 1. The fourth-order valence-electron chi connectivity index (χ4n) is 4.57. The second kappa shape index (κ2) is 10.4. The number of nitrogens with one attached hydrogen (secondary N) is 1. The number of benzene rings is 2. The molecule has 3 aromatic rings. The van der Waals surface area contributed by atoms with Gasteiger partial charge in [-0.05, 0) is 35.9 Å². The Balaban J connectivity index is 1.30. The van der Waals surface area contributed by atoms with Gasteiger partial charge in [0.05, 0.1) is 17.7 Å². The van der Waals surface area contributed by atoms with Gasteiger partial charge in [0, 0.05) is 55.6 Å². The first-order valence-electron chi connectivity index (χ1n) is 12.1. The van der Waals surface area contributed by atoms with Crippen LogP contribution in [0.2, 0.25) is 0 Å². The molecule has 2 aliphatic heterocycles. The molecule has 0 saturated carbocycles. The van der Waals surface area contributed by atoms with Crippen LogP contribution in [0.15, 0.2) is 46.3 Å². The Morgan fingerprint density at radius 2 is 1.87 bits per heavy atom. The number of fused-ring (bicyclic) bond motifs is 2. The molecule has 3 N–H and O–H groups in total. The molecule has 0 spiro atoms. The van der Waals surface area contributed by atoms with Crippen molar-refractivity contribution < 1.29 is 22.7 Å². The molecule has 11 nitrogen and oxygen atoms in total. The number of rotatable bonds is 4. The molecule has 1 saturated heterocycles. The van der Waals surface area contributed by atoms with E-state index in [-0.39, 0.29) is 42.8 Å². The van der Waals surface area contributed by atoms with Crippen LogP contribution < -0.4 is 11.1 Å². The molecule has 200 valence electrons. The molecule has 0 aliphatic carbocycles. The average Bonchev–Trinajstić information content (AvgIpc) is 3.35. The SMILES string of the molecule is COC(=O)/N=C(/N)c1ccc2ccc(S(=O)(=O)N3CCN(C(=O)c4nc5c(s4)CNC(C)C5)CC3)cc2c1. The molecular weight excluding hydrogens is 528 g/mol. The highest BCUT2D eigenvalue weighted by molar-refractivity contribution is 7.89. The minimum atomic E-state index is -3.79. The van der Waals surface area contributed by atoms with Gasteiger partial charge >= 0.3 is 6.09 Å². The van der Waals surface area contributed by atoms with E-state index in [1.807, 2.05) is 0 Å². The largest absolute Gasteiger partial charge is 0.451 e.